The summed E-state index contributed by atoms with van der Waals surface area (Å²) in [5.74, 6) is -3.60. The van der Waals surface area contributed by atoms with Gasteiger partial charge in [0.2, 0.25) is 5.91 Å². The average Bonchev–Trinajstić information content (AvgIpc) is 3.35. The molecule has 1 aromatic rings. The maximum atomic E-state index is 13.4. The van der Waals surface area contributed by atoms with Crippen molar-refractivity contribution in [2.45, 2.75) is 89.0 Å². The fraction of sp³-hybridized carbons (Fsp3) is 0.615. The fourth-order valence-electron chi connectivity index (χ4n) is 4.50. The highest BCUT2D eigenvalue weighted by atomic mass is 19.4. The molecule has 0 spiro atoms. The second kappa shape index (κ2) is 14.7. The van der Waals surface area contributed by atoms with Gasteiger partial charge in [-0.05, 0) is 56.9 Å². The summed E-state index contributed by atoms with van der Waals surface area (Å²) in [6, 6.07) is 7.12. The summed E-state index contributed by atoms with van der Waals surface area (Å²) in [5.41, 5.74) is 1.03. The van der Waals surface area contributed by atoms with Crippen molar-refractivity contribution < 1.29 is 37.5 Å². The number of carbonyl (C=O) groups excluding carboxylic acids is 3. The van der Waals surface area contributed by atoms with Crippen LogP contribution in [0.3, 0.4) is 0 Å². The number of aryl methyl sites for hydroxylation is 1. The molecule has 37 heavy (non-hydrogen) atoms. The lowest BCUT2D eigenvalue weighted by atomic mass is 9.97. The smallest absolute Gasteiger partial charge is 0.471 e. The van der Waals surface area contributed by atoms with Crippen molar-refractivity contribution in [3.63, 3.8) is 0 Å². The predicted molar refractivity (Wildman–Crippen MR) is 131 cm³/mol. The van der Waals surface area contributed by atoms with Crippen LogP contribution in [-0.2, 0) is 25.6 Å². The lowest BCUT2D eigenvalue weighted by Gasteiger charge is -2.30. The van der Waals surface area contributed by atoms with Gasteiger partial charge < -0.3 is 15.3 Å². The molecule has 0 bridgehead atoms. The SMILES string of the molecule is CCCC(=O)C(CCc1ccccc1)N[C@@H](CCCCNC(=O)C(F)(F)F)C(=O)N1CCCC1C(=O)O. The number of unbranched alkanes of at least 4 members (excludes halogenated alkanes) is 1. The van der Waals surface area contributed by atoms with Crippen LogP contribution in [0.2, 0.25) is 0 Å². The fourth-order valence-corrected chi connectivity index (χ4v) is 4.50. The Morgan fingerprint density at radius 1 is 1.08 bits per heavy atom. The Balaban J connectivity index is 2.11. The number of amides is 2. The highest BCUT2D eigenvalue weighted by Crippen LogP contribution is 2.21. The number of alkyl halides is 3. The minimum Gasteiger partial charge on any atom is -0.480 e. The van der Waals surface area contributed by atoms with Crippen molar-refractivity contribution in [3.8, 4) is 0 Å². The first-order valence-corrected chi connectivity index (χ1v) is 12.8. The maximum Gasteiger partial charge on any atom is 0.471 e. The van der Waals surface area contributed by atoms with Gasteiger partial charge in [-0.15, -0.1) is 0 Å². The Bertz CT molecular complexity index is 910. The van der Waals surface area contributed by atoms with Gasteiger partial charge in [-0.3, -0.25) is 19.7 Å². The van der Waals surface area contributed by atoms with Gasteiger partial charge in [0, 0.05) is 19.5 Å². The number of nitrogens with zero attached hydrogens (tertiary/aromatic N) is 1. The molecule has 1 aliphatic heterocycles. The molecule has 11 heteroatoms. The number of Topliss-reactive ketones (excluding diaryl/α,β-unsaturated/α-hetero) is 1. The van der Waals surface area contributed by atoms with E-state index in [1.54, 1.807) is 5.32 Å². The summed E-state index contributed by atoms with van der Waals surface area (Å²) >= 11 is 0. The Labute approximate surface area is 215 Å². The van der Waals surface area contributed by atoms with Gasteiger partial charge in [-0.2, -0.15) is 13.2 Å². The summed E-state index contributed by atoms with van der Waals surface area (Å²) in [6.45, 7) is 1.95. The summed E-state index contributed by atoms with van der Waals surface area (Å²) in [4.78, 5) is 50.3. The summed E-state index contributed by atoms with van der Waals surface area (Å²) in [5, 5.41) is 14.5. The van der Waals surface area contributed by atoms with E-state index in [1.807, 2.05) is 37.3 Å². The first kappa shape index (κ1) is 30.3. The third kappa shape index (κ3) is 9.79. The molecule has 2 rings (SSSR count). The van der Waals surface area contributed by atoms with Crippen LogP contribution in [0.25, 0.3) is 0 Å². The van der Waals surface area contributed by atoms with E-state index in [9.17, 15) is 37.5 Å². The maximum absolute atomic E-state index is 13.4. The van der Waals surface area contributed by atoms with Crippen LogP contribution >= 0.6 is 0 Å². The van der Waals surface area contributed by atoms with E-state index in [2.05, 4.69) is 5.32 Å². The molecule has 1 aliphatic rings. The second-order valence-corrected chi connectivity index (χ2v) is 9.29. The Kier molecular flexibility index (Phi) is 12.0. The Morgan fingerprint density at radius 2 is 1.78 bits per heavy atom. The molecule has 0 radical (unpaired) electrons. The van der Waals surface area contributed by atoms with Gasteiger partial charge in [0.1, 0.15) is 11.8 Å². The molecule has 0 aliphatic carbocycles. The number of halogens is 3. The number of rotatable bonds is 15. The number of ketones is 1. The van der Waals surface area contributed by atoms with Crippen LogP contribution in [-0.4, -0.2) is 71.0 Å². The van der Waals surface area contributed by atoms with Crippen LogP contribution in [0.5, 0.6) is 0 Å². The highest BCUT2D eigenvalue weighted by Gasteiger charge is 2.39. The van der Waals surface area contributed by atoms with Crippen molar-refractivity contribution in [3.05, 3.63) is 35.9 Å². The quantitative estimate of drug-likeness (QED) is 0.302. The molecule has 8 nitrogen and oxygen atoms in total. The highest BCUT2D eigenvalue weighted by molar-refractivity contribution is 5.89. The van der Waals surface area contributed by atoms with Gasteiger partial charge in [0.15, 0.2) is 0 Å². The van der Waals surface area contributed by atoms with Crippen LogP contribution in [0, 0.1) is 0 Å². The molecule has 1 fully saturated rings. The van der Waals surface area contributed by atoms with E-state index in [0.29, 0.717) is 44.9 Å². The minimum absolute atomic E-state index is 0.0510. The van der Waals surface area contributed by atoms with Crippen molar-refractivity contribution in [2.75, 3.05) is 13.1 Å². The summed E-state index contributed by atoms with van der Waals surface area (Å²) in [6.07, 6.45) is -1.43. The molecule has 1 saturated heterocycles. The van der Waals surface area contributed by atoms with E-state index in [0.717, 1.165) is 5.56 Å². The molecule has 1 heterocycles. The predicted octanol–water partition coefficient (Wildman–Crippen LogP) is 3.24. The monoisotopic (exact) mass is 527 g/mol. The van der Waals surface area contributed by atoms with E-state index < -0.39 is 42.1 Å². The zero-order valence-electron chi connectivity index (χ0n) is 21.1. The molecule has 3 atom stereocenters. The van der Waals surface area contributed by atoms with E-state index in [1.165, 1.54) is 4.90 Å². The number of carbonyl (C=O) groups is 4. The number of likely N-dealkylation sites (tertiary alicyclic amines) is 1. The topological polar surface area (TPSA) is 116 Å². The number of nitrogens with one attached hydrogen (secondary N) is 2. The van der Waals surface area contributed by atoms with Crippen molar-refractivity contribution in [1.29, 1.82) is 0 Å². The van der Waals surface area contributed by atoms with E-state index in [-0.39, 0.29) is 31.7 Å². The number of carboxylic acids is 1. The number of benzene rings is 1. The third-order valence-electron chi connectivity index (χ3n) is 6.43. The van der Waals surface area contributed by atoms with Gasteiger partial charge in [-0.1, -0.05) is 37.3 Å². The van der Waals surface area contributed by atoms with Gasteiger partial charge in [0.05, 0.1) is 12.1 Å². The zero-order chi connectivity index (χ0) is 27.4. The first-order chi connectivity index (χ1) is 17.5. The van der Waals surface area contributed by atoms with Crippen molar-refractivity contribution in [1.82, 2.24) is 15.5 Å². The van der Waals surface area contributed by atoms with Gasteiger partial charge >= 0.3 is 18.1 Å². The molecular formula is C26H36F3N3O5. The van der Waals surface area contributed by atoms with Gasteiger partial charge in [0.25, 0.3) is 0 Å². The number of hydrogen-bond donors (Lipinski definition) is 3. The second-order valence-electron chi connectivity index (χ2n) is 9.29. The molecule has 2 unspecified atom stereocenters. The molecule has 3 N–H and O–H groups in total. The van der Waals surface area contributed by atoms with Crippen LogP contribution < -0.4 is 10.6 Å². The normalized spacial score (nSPS) is 17.3. The van der Waals surface area contributed by atoms with Crippen molar-refractivity contribution in [2.24, 2.45) is 0 Å². The first-order valence-electron chi connectivity index (χ1n) is 12.8. The van der Waals surface area contributed by atoms with E-state index in [4.69, 9.17) is 0 Å². The van der Waals surface area contributed by atoms with Crippen LogP contribution in [0.4, 0.5) is 13.2 Å². The lowest BCUT2D eigenvalue weighted by molar-refractivity contribution is -0.173. The largest absolute Gasteiger partial charge is 0.480 e. The molecule has 0 saturated carbocycles. The van der Waals surface area contributed by atoms with Crippen LogP contribution in [0.1, 0.15) is 63.9 Å². The third-order valence-corrected chi connectivity index (χ3v) is 6.43. The molecule has 0 aromatic heterocycles. The number of aliphatic carboxylic acids is 1. The zero-order valence-corrected chi connectivity index (χ0v) is 21.1. The van der Waals surface area contributed by atoms with Gasteiger partial charge in [-0.25, -0.2) is 4.79 Å². The Morgan fingerprint density at radius 3 is 2.41 bits per heavy atom. The number of hydrogen-bond acceptors (Lipinski definition) is 5. The Hall–Kier alpha value is -2.95. The standard InChI is InChI=1S/C26H36F3N3O5/c1-2-9-22(33)19(15-14-18-10-4-3-5-11-18)31-20(12-6-7-16-30-25(37)26(27,28)29)23(34)32-17-8-13-21(32)24(35)36/h3-5,10-11,19-21,31H,2,6-9,12-17H2,1H3,(H,30,37)(H,35,36)/t19?,20-,21?/m0/s1. The lowest BCUT2D eigenvalue weighted by Crippen LogP contribution is -2.54. The number of carboxylic acid groups (broad SMARTS) is 1. The van der Waals surface area contributed by atoms with Crippen LogP contribution in [0.15, 0.2) is 30.3 Å². The minimum atomic E-state index is -4.97. The molecule has 206 valence electrons. The molecule has 2 amide bonds. The molecule has 1 aromatic carbocycles. The van der Waals surface area contributed by atoms with E-state index >= 15 is 0 Å². The summed E-state index contributed by atoms with van der Waals surface area (Å²) in [7, 11) is 0. The van der Waals surface area contributed by atoms with Crippen molar-refractivity contribution >= 4 is 23.6 Å². The molecular weight excluding hydrogens is 491 g/mol. The average molecular weight is 528 g/mol. The summed E-state index contributed by atoms with van der Waals surface area (Å²) < 4.78 is 37.2.